The normalized spacial score (nSPS) is 1.00. The minimum atomic E-state index is 0. The van der Waals surface area contributed by atoms with Gasteiger partial charge in [0, 0.05) is 6.38 Å². The molecule has 0 saturated carbocycles. The molecule has 0 aliphatic rings. The molecule has 0 saturated heterocycles. The fourth-order valence-corrected chi connectivity index (χ4v) is 0. The lowest BCUT2D eigenvalue weighted by atomic mass is 12.0. The first kappa shape index (κ1) is 49.1. The maximum absolute atomic E-state index is 4.64. The summed E-state index contributed by atoms with van der Waals surface area (Å²) in [6.45, 7) is 0. The van der Waals surface area contributed by atoms with E-state index in [4.69, 9.17) is 0 Å². The molecule has 0 radical (unpaired) electrons. The third kappa shape index (κ3) is 46.6. The molecule has 0 rings (SSSR count). The van der Waals surface area contributed by atoms with Crippen molar-refractivity contribution in [3.05, 3.63) is 0 Å². The number of hydrogen-bond acceptors (Lipinski definition) is 0. The van der Waals surface area contributed by atoms with Gasteiger partial charge in [-0.25, -0.2) is 0 Å². The summed E-state index contributed by atoms with van der Waals surface area (Å²) < 4.78 is 0. The van der Waals surface area contributed by atoms with Gasteiger partial charge in [0.2, 0.25) is 0 Å². The predicted octanol–water partition coefficient (Wildman–Crippen LogP) is 2.18. The molecule has 46 valence electrons. The van der Waals surface area contributed by atoms with Crippen LogP contribution in [0.4, 0.5) is 0 Å². The van der Waals surface area contributed by atoms with Gasteiger partial charge in [0.15, 0.2) is 0 Å². The predicted molar refractivity (Wildman–Crippen MR) is 44.6 cm³/mol. The van der Waals surface area contributed by atoms with Gasteiger partial charge in [-0.05, 0) is 0 Å². The van der Waals surface area contributed by atoms with E-state index in [0.717, 1.165) is 0 Å². The van der Waals surface area contributed by atoms with E-state index in [2.05, 4.69) is 11.6 Å². The largest absolute Gasteiger partial charge is 0.153 e. The van der Waals surface area contributed by atoms with E-state index in [1.165, 1.54) is 6.38 Å². The number of alkyl halides is 1. The molecule has 0 fully saturated rings. The van der Waals surface area contributed by atoms with Crippen LogP contribution in [0, 0.1) is 0 Å². The zero-order valence-corrected chi connectivity index (χ0v) is 7.93. The van der Waals surface area contributed by atoms with E-state index in [-0.39, 0.29) is 47.1 Å². The Balaban J connectivity index is -0.000000000833. The topological polar surface area (TPSA) is 0 Å². The Kier molecular flexibility index (Phi) is 667. The van der Waals surface area contributed by atoms with Crippen LogP contribution < -0.4 is 0 Å². The lowest BCUT2D eigenvalue weighted by molar-refractivity contribution is 2.46. The molecule has 0 bridgehead atoms. The Labute approximate surface area is 65.3 Å². The van der Waals surface area contributed by atoms with Gasteiger partial charge in [-0.2, -0.15) is 9.90 Å². The third-order valence-corrected chi connectivity index (χ3v) is 0. The SMILES string of the molecule is CCl.Cl.Cl.Cl.P. The summed E-state index contributed by atoms with van der Waals surface area (Å²) in [4.78, 5) is 0. The Morgan fingerprint density at radius 3 is 0.833 bits per heavy atom. The van der Waals surface area contributed by atoms with Crippen LogP contribution in [0.2, 0.25) is 0 Å². The van der Waals surface area contributed by atoms with E-state index >= 15 is 0 Å². The van der Waals surface area contributed by atoms with E-state index < -0.39 is 0 Å². The first-order valence-corrected chi connectivity index (χ1v) is 1.13. The van der Waals surface area contributed by atoms with Gasteiger partial charge in [-0.1, -0.05) is 0 Å². The molecule has 1 atom stereocenters. The van der Waals surface area contributed by atoms with E-state index in [1.54, 1.807) is 0 Å². The molecule has 0 heterocycles. The number of rotatable bonds is 0. The zero-order valence-electron chi connectivity index (χ0n) is 3.31. The Morgan fingerprint density at radius 1 is 0.833 bits per heavy atom. The first-order valence-electron chi connectivity index (χ1n) is 0.378. The summed E-state index contributed by atoms with van der Waals surface area (Å²) in [7, 11) is 0. The van der Waals surface area contributed by atoms with Crippen LogP contribution >= 0.6 is 58.7 Å². The van der Waals surface area contributed by atoms with Crippen molar-refractivity contribution in [1.82, 2.24) is 0 Å². The minimum absolute atomic E-state index is 0. The van der Waals surface area contributed by atoms with Crippen LogP contribution in [0.15, 0.2) is 0 Å². The quantitative estimate of drug-likeness (QED) is 0.409. The molecular formula is CH9Cl4P. The highest BCUT2D eigenvalue weighted by Gasteiger charge is 0.943. The van der Waals surface area contributed by atoms with Crippen molar-refractivity contribution in [3.63, 3.8) is 0 Å². The smallest absolute Gasteiger partial charge is 0.0108 e. The molecule has 6 heavy (non-hydrogen) atoms. The number of hydrogen-bond donors (Lipinski definition) is 0. The van der Waals surface area contributed by atoms with Crippen LogP contribution in [0.3, 0.4) is 0 Å². The van der Waals surface area contributed by atoms with Crippen molar-refractivity contribution in [1.29, 1.82) is 0 Å². The lowest BCUT2D eigenvalue weighted by Crippen LogP contribution is -0.852. The van der Waals surface area contributed by atoms with Gasteiger partial charge in [0.25, 0.3) is 0 Å². The molecule has 0 nitrogen and oxygen atoms in total. The molecule has 0 aliphatic heterocycles. The van der Waals surface area contributed by atoms with Crippen LogP contribution in [0.5, 0.6) is 0 Å². The van der Waals surface area contributed by atoms with Crippen molar-refractivity contribution in [2.75, 3.05) is 6.38 Å². The van der Waals surface area contributed by atoms with E-state index in [0.29, 0.717) is 0 Å². The van der Waals surface area contributed by atoms with E-state index in [1.807, 2.05) is 0 Å². The first-order chi connectivity index (χ1) is 1.00. The highest BCUT2D eigenvalue weighted by Crippen LogP contribution is 1.34. The highest BCUT2D eigenvalue weighted by atomic mass is 35.5. The molecule has 0 spiro atoms. The molecule has 1 unspecified atom stereocenters. The summed E-state index contributed by atoms with van der Waals surface area (Å²) in [6, 6.07) is 0. The fourth-order valence-electron chi connectivity index (χ4n) is 0. The van der Waals surface area contributed by atoms with Gasteiger partial charge in [0.05, 0.1) is 0 Å². The van der Waals surface area contributed by atoms with Gasteiger partial charge in [0.1, 0.15) is 0 Å². The van der Waals surface area contributed by atoms with Gasteiger partial charge in [-0.15, -0.1) is 48.8 Å². The summed E-state index contributed by atoms with van der Waals surface area (Å²) in [5.41, 5.74) is 0. The fraction of sp³-hybridized carbons (Fsp3) is 1.00. The Hall–Kier alpha value is 1.59. The molecule has 5 heteroatoms. The second kappa shape index (κ2) is 81.5. The summed E-state index contributed by atoms with van der Waals surface area (Å²) in [5, 5.41) is 0. The molecule has 0 aromatic carbocycles. The van der Waals surface area contributed by atoms with E-state index in [9.17, 15) is 0 Å². The monoisotopic (exact) mass is 192 g/mol. The van der Waals surface area contributed by atoms with Gasteiger partial charge < -0.3 is 0 Å². The second-order valence-electron chi connectivity index (χ2n) is 0. The Bertz CT molecular complexity index is 7.51. The summed E-state index contributed by atoms with van der Waals surface area (Å²) in [6.07, 6.45) is 1.47. The van der Waals surface area contributed by atoms with Crippen molar-refractivity contribution < 1.29 is 0 Å². The van der Waals surface area contributed by atoms with Crippen molar-refractivity contribution in [3.8, 4) is 0 Å². The van der Waals surface area contributed by atoms with Crippen molar-refractivity contribution in [2.24, 2.45) is 0 Å². The maximum Gasteiger partial charge on any atom is 0.0108 e. The molecule has 0 N–H and O–H groups in total. The average Bonchev–Trinajstić information content (AvgIpc) is 1.00. The van der Waals surface area contributed by atoms with Crippen molar-refractivity contribution >= 4 is 58.7 Å². The van der Waals surface area contributed by atoms with Crippen LogP contribution in [0.25, 0.3) is 0 Å². The summed E-state index contributed by atoms with van der Waals surface area (Å²) in [5.74, 6) is 0. The second-order valence-corrected chi connectivity index (χ2v) is 0. The van der Waals surface area contributed by atoms with Gasteiger partial charge >= 0.3 is 0 Å². The van der Waals surface area contributed by atoms with Crippen LogP contribution in [0.1, 0.15) is 0 Å². The third-order valence-electron chi connectivity index (χ3n) is 0. The minimum Gasteiger partial charge on any atom is -0.153 e. The lowest BCUT2D eigenvalue weighted by Gasteiger charge is -1.06. The standard InChI is InChI=1S/CH3Cl.3ClH.H3P/c1-2;;;;/h1H3;3*1H;1H3. The molecule has 0 aromatic heterocycles. The summed E-state index contributed by atoms with van der Waals surface area (Å²) >= 11 is 4.64. The maximum atomic E-state index is 4.64. The zero-order chi connectivity index (χ0) is 2.00. The molecule has 0 aliphatic carbocycles. The molecular weight excluding hydrogens is 185 g/mol. The van der Waals surface area contributed by atoms with Crippen molar-refractivity contribution in [2.45, 2.75) is 0 Å². The highest BCUT2D eigenvalue weighted by molar-refractivity contribution is 6.92. The van der Waals surface area contributed by atoms with Crippen LogP contribution in [-0.2, 0) is 0 Å². The van der Waals surface area contributed by atoms with Gasteiger partial charge in [-0.3, -0.25) is 0 Å². The molecule has 0 amide bonds. The van der Waals surface area contributed by atoms with Crippen LogP contribution in [-0.4, -0.2) is 6.38 Å². The molecule has 0 aromatic rings. The Morgan fingerprint density at radius 2 is 0.833 bits per heavy atom. The number of halogens is 4. The average molecular weight is 194 g/mol.